The highest BCUT2D eigenvalue weighted by atomic mass is 19.1. The molecule has 1 amide bonds. The Bertz CT molecular complexity index is 730. The van der Waals surface area contributed by atoms with Crippen LogP contribution in [0.3, 0.4) is 0 Å². The van der Waals surface area contributed by atoms with E-state index in [4.69, 9.17) is 4.74 Å². The second-order valence-corrected chi connectivity index (χ2v) is 5.60. The van der Waals surface area contributed by atoms with E-state index in [1.54, 1.807) is 7.11 Å². The Balaban J connectivity index is 1.88. The van der Waals surface area contributed by atoms with E-state index in [1.807, 2.05) is 24.3 Å². The number of carbonyl (C=O) groups excluding carboxylic acids is 1. The molecule has 2 N–H and O–H groups in total. The highest BCUT2D eigenvalue weighted by Gasteiger charge is 2.20. The minimum atomic E-state index is -1.07. The molecule has 0 spiro atoms. The highest BCUT2D eigenvalue weighted by Crippen LogP contribution is 2.17. The van der Waals surface area contributed by atoms with Crippen LogP contribution in [0, 0.1) is 5.82 Å². The Morgan fingerprint density at radius 3 is 2.56 bits per heavy atom. The van der Waals surface area contributed by atoms with Crippen LogP contribution in [0.4, 0.5) is 4.39 Å². The van der Waals surface area contributed by atoms with Gasteiger partial charge in [-0.15, -0.1) is 0 Å². The molecule has 0 saturated heterocycles. The molecule has 5 nitrogen and oxygen atoms in total. The second-order valence-electron chi connectivity index (χ2n) is 5.60. The number of aliphatic carboxylic acids is 1. The van der Waals surface area contributed by atoms with E-state index in [9.17, 15) is 19.1 Å². The van der Waals surface area contributed by atoms with Crippen molar-refractivity contribution in [2.45, 2.75) is 18.8 Å². The van der Waals surface area contributed by atoms with Crippen LogP contribution in [0.15, 0.2) is 48.5 Å². The summed E-state index contributed by atoms with van der Waals surface area (Å²) in [5.41, 5.74) is 1.41. The lowest BCUT2D eigenvalue weighted by Gasteiger charge is -2.14. The standard InChI is InChI=1S/C19H20FNO4/c1-25-16-4-2-3-13(11-16)5-10-18(22)21-12-17(19(23)24)14-6-8-15(20)9-7-14/h2-4,6-9,11,17H,5,10,12H2,1H3,(H,21,22)(H,23,24). The molecule has 2 rings (SSSR count). The zero-order chi connectivity index (χ0) is 18.2. The van der Waals surface area contributed by atoms with Crippen LogP contribution in [-0.2, 0) is 16.0 Å². The third-order valence-electron chi connectivity index (χ3n) is 3.85. The summed E-state index contributed by atoms with van der Waals surface area (Å²) in [6, 6.07) is 12.7. The molecule has 132 valence electrons. The first-order valence-corrected chi connectivity index (χ1v) is 7.87. The number of halogens is 1. The molecule has 0 saturated carbocycles. The normalized spacial score (nSPS) is 11.6. The van der Waals surface area contributed by atoms with Crippen molar-refractivity contribution in [3.63, 3.8) is 0 Å². The Labute approximate surface area is 145 Å². The van der Waals surface area contributed by atoms with Crippen molar-refractivity contribution in [3.05, 3.63) is 65.5 Å². The number of methoxy groups -OCH3 is 1. The van der Waals surface area contributed by atoms with Crippen LogP contribution in [0.1, 0.15) is 23.5 Å². The van der Waals surface area contributed by atoms with Gasteiger partial charge < -0.3 is 15.2 Å². The van der Waals surface area contributed by atoms with Crippen molar-refractivity contribution in [3.8, 4) is 5.75 Å². The molecule has 1 atom stereocenters. The number of hydrogen-bond donors (Lipinski definition) is 2. The molecule has 2 aromatic carbocycles. The van der Waals surface area contributed by atoms with Gasteiger partial charge in [-0.2, -0.15) is 0 Å². The smallest absolute Gasteiger partial charge is 0.312 e. The summed E-state index contributed by atoms with van der Waals surface area (Å²) in [6.07, 6.45) is 0.764. The number of ether oxygens (including phenoxy) is 1. The molecular formula is C19H20FNO4. The molecule has 0 heterocycles. The summed E-state index contributed by atoms with van der Waals surface area (Å²) < 4.78 is 18.1. The van der Waals surface area contributed by atoms with Gasteiger partial charge >= 0.3 is 5.97 Å². The molecular weight excluding hydrogens is 325 g/mol. The average Bonchev–Trinajstić information content (AvgIpc) is 2.61. The number of carboxylic acids is 1. The van der Waals surface area contributed by atoms with Gasteiger partial charge in [0.15, 0.2) is 0 Å². The van der Waals surface area contributed by atoms with E-state index in [0.29, 0.717) is 12.0 Å². The Morgan fingerprint density at radius 1 is 1.20 bits per heavy atom. The lowest BCUT2D eigenvalue weighted by Crippen LogP contribution is -2.31. The molecule has 6 heteroatoms. The van der Waals surface area contributed by atoms with Crippen LogP contribution in [-0.4, -0.2) is 30.6 Å². The summed E-state index contributed by atoms with van der Waals surface area (Å²) >= 11 is 0. The summed E-state index contributed by atoms with van der Waals surface area (Å²) in [4.78, 5) is 23.4. The molecule has 0 bridgehead atoms. The van der Waals surface area contributed by atoms with Crippen molar-refractivity contribution >= 4 is 11.9 Å². The predicted molar refractivity (Wildman–Crippen MR) is 91.1 cm³/mol. The number of benzene rings is 2. The third kappa shape index (κ3) is 5.60. The Morgan fingerprint density at radius 2 is 1.92 bits per heavy atom. The number of nitrogens with one attached hydrogen (secondary N) is 1. The van der Waals surface area contributed by atoms with Crippen molar-refractivity contribution in [2.75, 3.05) is 13.7 Å². The van der Waals surface area contributed by atoms with Gasteiger partial charge in [-0.25, -0.2) is 4.39 Å². The first-order valence-electron chi connectivity index (χ1n) is 7.87. The number of amides is 1. The lowest BCUT2D eigenvalue weighted by atomic mass is 9.99. The Kier molecular flexibility index (Phi) is 6.51. The van der Waals surface area contributed by atoms with Gasteiger partial charge in [0.25, 0.3) is 0 Å². The highest BCUT2D eigenvalue weighted by molar-refractivity contribution is 5.80. The monoisotopic (exact) mass is 345 g/mol. The minimum absolute atomic E-state index is 0.0437. The lowest BCUT2D eigenvalue weighted by molar-refractivity contribution is -0.138. The fourth-order valence-electron chi connectivity index (χ4n) is 2.43. The largest absolute Gasteiger partial charge is 0.497 e. The van der Waals surface area contributed by atoms with Crippen molar-refractivity contribution in [1.82, 2.24) is 5.32 Å². The molecule has 0 aliphatic rings. The molecule has 0 aromatic heterocycles. The summed E-state index contributed by atoms with van der Waals surface area (Å²) in [5.74, 6) is -1.94. The van der Waals surface area contributed by atoms with Crippen LogP contribution < -0.4 is 10.1 Å². The maximum atomic E-state index is 13.0. The molecule has 0 aliphatic heterocycles. The SMILES string of the molecule is COc1cccc(CCC(=O)NCC(C(=O)O)c2ccc(F)cc2)c1. The number of rotatable bonds is 8. The van der Waals surface area contributed by atoms with Gasteiger partial charge in [-0.1, -0.05) is 24.3 Å². The topological polar surface area (TPSA) is 75.6 Å². The van der Waals surface area contributed by atoms with E-state index >= 15 is 0 Å². The van der Waals surface area contributed by atoms with Crippen LogP contribution in [0.5, 0.6) is 5.75 Å². The summed E-state index contributed by atoms with van der Waals surface area (Å²) in [5, 5.41) is 11.9. The predicted octanol–water partition coefficient (Wildman–Crippen LogP) is 2.75. The maximum absolute atomic E-state index is 13.0. The van der Waals surface area contributed by atoms with Crippen LogP contribution in [0.25, 0.3) is 0 Å². The number of hydrogen-bond acceptors (Lipinski definition) is 3. The van der Waals surface area contributed by atoms with E-state index in [0.717, 1.165) is 11.3 Å². The van der Waals surface area contributed by atoms with Crippen molar-refractivity contribution in [1.29, 1.82) is 0 Å². The molecule has 0 aliphatic carbocycles. The quantitative estimate of drug-likeness (QED) is 0.771. The van der Waals surface area contributed by atoms with Gasteiger partial charge in [0.1, 0.15) is 11.6 Å². The van der Waals surface area contributed by atoms with E-state index in [2.05, 4.69) is 5.32 Å². The fourth-order valence-corrected chi connectivity index (χ4v) is 2.43. The zero-order valence-electron chi connectivity index (χ0n) is 13.9. The minimum Gasteiger partial charge on any atom is -0.497 e. The van der Waals surface area contributed by atoms with E-state index < -0.39 is 17.7 Å². The van der Waals surface area contributed by atoms with Crippen molar-refractivity contribution in [2.24, 2.45) is 0 Å². The second kappa shape index (κ2) is 8.82. The van der Waals surface area contributed by atoms with E-state index in [1.165, 1.54) is 24.3 Å². The van der Waals surface area contributed by atoms with Gasteiger partial charge in [0.05, 0.1) is 13.0 Å². The van der Waals surface area contributed by atoms with Crippen LogP contribution >= 0.6 is 0 Å². The average molecular weight is 345 g/mol. The summed E-state index contributed by atoms with van der Waals surface area (Å²) in [6.45, 7) is -0.0437. The Hall–Kier alpha value is -2.89. The number of carbonyl (C=O) groups is 2. The summed E-state index contributed by atoms with van der Waals surface area (Å²) in [7, 11) is 1.58. The molecule has 25 heavy (non-hydrogen) atoms. The molecule has 1 unspecified atom stereocenters. The molecule has 2 aromatic rings. The maximum Gasteiger partial charge on any atom is 0.312 e. The molecule has 0 fully saturated rings. The first kappa shape index (κ1) is 18.4. The van der Waals surface area contributed by atoms with Gasteiger partial charge in [0.2, 0.25) is 5.91 Å². The van der Waals surface area contributed by atoms with Crippen molar-refractivity contribution < 1.29 is 23.8 Å². The van der Waals surface area contributed by atoms with Gasteiger partial charge in [-0.3, -0.25) is 9.59 Å². The molecule has 0 radical (unpaired) electrons. The van der Waals surface area contributed by atoms with E-state index in [-0.39, 0.29) is 18.9 Å². The first-order chi connectivity index (χ1) is 12.0. The number of carboxylic acid groups (broad SMARTS) is 1. The fraction of sp³-hybridized carbons (Fsp3) is 0.263. The van der Waals surface area contributed by atoms with Crippen LogP contribution in [0.2, 0.25) is 0 Å². The third-order valence-corrected chi connectivity index (χ3v) is 3.85. The van der Waals surface area contributed by atoms with Gasteiger partial charge in [-0.05, 0) is 41.8 Å². The van der Waals surface area contributed by atoms with Gasteiger partial charge in [0, 0.05) is 13.0 Å². The number of aryl methyl sites for hydroxylation is 1. The zero-order valence-corrected chi connectivity index (χ0v) is 13.9.